The number of benzene rings is 2. The monoisotopic (exact) mass is 266 g/mol. The lowest BCUT2D eigenvalue weighted by Gasteiger charge is -2.54. The van der Waals surface area contributed by atoms with Gasteiger partial charge in [-0.1, -0.05) is 48.5 Å². The molecule has 2 nitrogen and oxygen atoms in total. The fourth-order valence-corrected chi connectivity index (χ4v) is 4.30. The summed E-state index contributed by atoms with van der Waals surface area (Å²) in [4.78, 5) is 0. The van der Waals surface area contributed by atoms with E-state index < -0.39 is 0 Å². The third kappa shape index (κ3) is 1.31. The highest BCUT2D eigenvalue weighted by atomic mass is 16.3. The molecule has 2 heteroatoms. The van der Waals surface area contributed by atoms with Gasteiger partial charge >= 0.3 is 0 Å². The van der Waals surface area contributed by atoms with Crippen molar-refractivity contribution in [3.63, 3.8) is 0 Å². The number of rotatable bonds is 2. The molecule has 0 heterocycles. The van der Waals surface area contributed by atoms with Crippen molar-refractivity contribution in [2.45, 2.75) is 18.3 Å². The fourth-order valence-electron chi connectivity index (χ4n) is 4.30. The van der Waals surface area contributed by atoms with Crippen LogP contribution < -0.4 is 0 Å². The summed E-state index contributed by atoms with van der Waals surface area (Å²) < 4.78 is 0. The van der Waals surface area contributed by atoms with E-state index in [4.69, 9.17) is 0 Å². The summed E-state index contributed by atoms with van der Waals surface area (Å²) in [7, 11) is 0. The molecule has 1 fully saturated rings. The van der Waals surface area contributed by atoms with Crippen molar-refractivity contribution in [2.75, 3.05) is 13.2 Å². The van der Waals surface area contributed by atoms with Crippen LogP contribution in [0.5, 0.6) is 0 Å². The molecular weight excluding hydrogens is 248 g/mol. The van der Waals surface area contributed by atoms with Crippen molar-refractivity contribution < 1.29 is 10.2 Å². The van der Waals surface area contributed by atoms with Gasteiger partial charge in [0.25, 0.3) is 0 Å². The smallest absolute Gasteiger partial charge is 0.0510 e. The Bertz CT molecular complexity index is 615. The molecule has 4 rings (SSSR count). The first kappa shape index (κ1) is 12.1. The Kier molecular flexibility index (Phi) is 2.39. The molecule has 0 aromatic heterocycles. The van der Waals surface area contributed by atoms with Gasteiger partial charge in [-0.2, -0.15) is 0 Å². The summed E-state index contributed by atoms with van der Waals surface area (Å²) in [5.41, 5.74) is 5.03. The van der Waals surface area contributed by atoms with Crippen molar-refractivity contribution in [1.29, 1.82) is 0 Å². The second-order valence-electron chi connectivity index (χ2n) is 6.34. The predicted octanol–water partition coefficient (Wildman–Crippen LogP) is 2.72. The average Bonchev–Trinajstić information content (AvgIpc) is 2.76. The molecule has 2 aromatic carbocycles. The molecule has 0 unspecified atom stereocenters. The lowest BCUT2D eigenvalue weighted by atomic mass is 9.50. The first-order valence-electron chi connectivity index (χ1n) is 7.16. The largest absolute Gasteiger partial charge is 0.396 e. The molecule has 2 aliphatic rings. The maximum absolute atomic E-state index is 9.62. The van der Waals surface area contributed by atoms with Crippen LogP contribution in [0.1, 0.15) is 24.0 Å². The molecule has 2 aromatic rings. The minimum absolute atomic E-state index is 0.00134. The van der Waals surface area contributed by atoms with E-state index in [2.05, 4.69) is 48.5 Å². The van der Waals surface area contributed by atoms with Gasteiger partial charge in [-0.05, 0) is 35.1 Å². The third-order valence-electron chi connectivity index (χ3n) is 5.20. The highest BCUT2D eigenvalue weighted by Gasteiger charge is 2.58. The van der Waals surface area contributed by atoms with Crippen molar-refractivity contribution in [3.05, 3.63) is 59.7 Å². The zero-order valence-electron chi connectivity index (χ0n) is 11.3. The molecule has 1 spiro atoms. The molecule has 0 radical (unpaired) electrons. The van der Waals surface area contributed by atoms with E-state index in [1.807, 2.05) is 0 Å². The van der Waals surface area contributed by atoms with E-state index in [1.165, 1.54) is 22.3 Å². The van der Waals surface area contributed by atoms with E-state index in [-0.39, 0.29) is 24.0 Å². The number of hydrogen-bond donors (Lipinski definition) is 2. The highest BCUT2D eigenvalue weighted by molar-refractivity contribution is 5.81. The van der Waals surface area contributed by atoms with Crippen LogP contribution in [-0.2, 0) is 5.41 Å². The summed E-state index contributed by atoms with van der Waals surface area (Å²) in [6.45, 7) is 0.130. The van der Waals surface area contributed by atoms with Crippen LogP contribution in [0.3, 0.4) is 0 Å². The van der Waals surface area contributed by atoms with Crippen LogP contribution in [0.2, 0.25) is 0 Å². The van der Waals surface area contributed by atoms with Crippen molar-refractivity contribution >= 4 is 0 Å². The second kappa shape index (κ2) is 3.94. The van der Waals surface area contributed by atoms with E-state index in [1.54, 1.807) is 0 Å². The molecule has 0 saturated heterocycles. The van der Waals surface area contributed by atoms with E-state index in [0.29, 0.717) is 0 Å². The number of aliphatic hydroxyl groups is 2. The van der Waals surface area contributed by atoms with Gasteiger partial charge in [0.05, 0.1) is 13.2 Å². The van der Waals surface area contributed by atoms with Gasteiger partial charge in [0.1, 0.15) is 0 Å². The first-order valence-corrected chi connectivity index (χ1v) is 7.16. The van der Waals surface area contributed by atoms with E-state index in [0.717, 1.165) is 12.8 Å². The zero-order chi connectivity index (χ0) is 13.8. The van der Waals surface area contributed by atoms with E-state index >= 15 is 0 Å². The van der Waals surface area contributed by atoms with E-state index in [9.17, 15) is 10.2 Å². The Morgan fingerprint density at radius 3 is 1.65 bits per heavy atom. The molecule has 20 heavy (non-hydrogen) atoms. The van der Waals surface area contributed by atoms with Crippen molar-refractivity contribution in [3.8, 4) is 11.1 Å². The van der Waals surface area contributed by atoms with Crippen LogP contribution >= 0.6 is 0 Å². The number of fused-ring (bicyclic) bond motifs is 5. The Balaban J connectivity index is 1.90. The molecule has 0 atom stereocenters. The minimum Gasteiger partial charge on any atom is -0.396 e. The molecular formula is C18H18O2. The number of hydrogen-bond acceptors (Lipinski definition) is 2. The van der Waals surface area contributed by atoms with Crippen LogP contribution in [-0.4, -0.2) is 23.4 Å². The summed E-state index contributed by atoms with van der Waals surface area (Å²) in [5, 5.41) is 19.2. The summed E-state index contributed by atoms with van der Waals surface area (Å²) in [6.07, 6.45) is 1.67. The summed E-state index contributed by atoms with van der Waals surface area (Å²) in [6, 6.07) is 17.1. The molecule has 0 aliphatic heterocycles. The summed E-state index contributed by atoms with van der Waals surface area (Å²) >= 11 is 0. The molecule has 2 aliphatic carbocycles. The van der Waals surface area contributed by atoms with Crippen LogP contribution in [0.15, 0.2) is 48.5 Å². The van der Waals surface area contributed by atoms with Crippen molar-refractivity contribution in [2.24, 2.45) is 5.41 Å². The third-order valence-corrected chi connectivity index (χ3v) is 5.20. The Hall–Kier alpha value is -1.64. The standard InChI is InChI=1S/C18H18O2/c19-11-17(12-20)9-18(10-17)15-7-3-1-5-13(15)14-6-2-4-8-16(14)18/h1-8,19-20H,9-12H2. The van der Waals surface area contributed by atoms with Crippen LogP contribution in [0.25, 0.3) is 11.1 Å². The summed E-state index contributed by atoms with van der Waals surface area (Å²) in [5.74, 6) is 0. The Morgan fingerprint density at radius 2 is 1.20 bits per heavy atom. The maximum atomic E-state index is 9.62. The Morgan fingerprint density at radius 1 is 0.750 bits per heavy atom. The lowest BCUT2D eigenvalue weighted by Crippen LogP contribution is -2.53. The van der Waals surface area contributed by atoms with Gasteiger partial charge in [0, 0.05) is 10.8 Å². The van der Waals surface area contributed by atoms with Gasteiger partial charge in [-0.15, -0.1) is 0 Å². The second-order valence-corrected chi connectivity index (χ2v) is 6.34. The van der Waals surface area contributed by atoms with Gasteiger partial charge in [0.15, 0.2) is 0 Å². The zero-order valence-corrected chi connectivity index (χ0v) is 11.3. The molecule has 1 saturated carbocycles. The maximum Gasteiger partial charge on any atom is 0.0510 e. The van der Waals surface area contributed by atoms with Gasteiger partial charge in [0.2, 0.25) is 0 Å². The number of aliphatic hydroxyl groups excluding tert-OH is 2. The fraction of sp³-hybridized carbons (Fsp3) is 0.333. The first-order chi connectivity index (χ1) is 9.75. The molecule has 2 N–H and O–H groups in total. The minimum atomic E-state index is -0.315. The highest BCUT2D eigenvalue weighted by Crippen LogP contribution is 2.64. The normalized spacial score (nSPS) is 20.3. The molecule has 102 valence electrons. The Labute approximate surface area is 118 Å². The molecule has 0 bridgehead atoms. The van der Waals surface area contributed by atoms with Crippen molar-refractivity contribution in [1.82, 2.24) is 0 Å². The topological polar surface area (TPSA) is 40.5 Å². The van der Waals surface area contributed by atoms with Gasteiger partial charge in [-0.3, -0.25) is 0 Å². The lowest BCUT2D eigenvalue weighted by molar-refractivity contribution is -0.0512. The van der Waals surface area contributed by atoms with Crippen LogP contribution in [0.4, 0.5) is 0 Å². The van der Waals surface area contributed by atoms with Crippen LogP contribution in [0, 0.1) is 5.41 Å². The van der Waals surface area contributed by atoms with Gasteiger partial charge in [-0.25, -0.2) is 0 Å². The SMILES string of the molecule is OCC1(CO)CC2(C1)c1ccccc1-c1ccccc12. The quantitative estimate of drug-likeness (QED) is 0.877. The van der Waals surface area contributed by atoms with Gasteiger partial charge < -0.3 is 10.2 Å². The molecule has 0 amide bonds. The predicted molar refractivity (Wildman–Crippen MR) is 78.5 cm³/mol. The average molecular weight is 266 g/mol.